The maximum absolute atomic E-state index is 12.4. The third-order valence-corrected chi connectivity index (χ3v) is 6.78. The Balaban J connectivity index is 2.77. The number of ether oxygens (including phenoxy) is 2. The molecular weight excluding hydrogens is 490 g/mol. The summed E-state index contributed by atoms with van der Waals surface area (Å²) in [7, 11) is 0. The normalized spacial score (nSPS) is 27.5. The van der Waals surface area contributed by atoms with Gasteiger partial charge in [-0.05, 0) is 6.42 Å². The Labute approximate surface area is 219 Å². The van der Waals surface area contributed by atoms with Gasteiger partial charge in [-0.15, -0.1) is 0 Å². The van der Waals surface area contributed by atoms with Crippen molar-refractivity contribution in [1.29, 1.82) is 0 Å². The van der Waals surface area contributed by atoms with Crippen molar-refractivity contribution in [3.8, 4) is 0 Å². The Morgan fingerprint density at radius 3 is 2.00 bits per heavy atom. The summed E-state index contributed by atoms with van der Waals surface area (Å²) in [6, 6.07) is 0. The number of aliphatic hydroxyl groups is 8. The molecule has 12 nitrogen and oxygen atoms in total. The van der Waals surface area contributed by atoms with Crippen LogP contribution in [0.25, 0.3) is 0 Å². The molecule has 37 heavy (non-hydrogen) atoms. The number of amides is 1. The van der Waals surface area contributed by atoms with Crippen LogP contribution < -0.4 is 0 Å². The summed E-state index contributed by atoms with van der Waals surface area (Å²) in [6.07, 6.45) is -6.18. The molecule has 1 rings (SSSR count). The van der Waals surface area contributed by atoms with E-state index in [1.54, 1.807) is 6.92 Å². The van der Waals surface area contributed by atoms with Crippen LogP contribution in [-0.2, 0) is 14.3 Å². The second kappa shape index (κ2) is 18.4. The van der Waals surface area contributed by atoms with Gasteiger partial charge < -0.3 is 55.2 Å². The zero-order valence-electron chi connectivity index (χ0n) is 22.1. The molecule has 12 heteroatoms. The maximum atomic E-state index is 12.4. The van der Waals surface area contributed by atoms with E-state index in [4.69, 9.17) is 9.47 Å². The van der Waals surface area contributed by atoms with E-state index in [1.165, 1.54) is 30.6 Å². The van der Waals surface area contributed by atoms with Crippen LogP contribution in [0, 0.1) is 0 Å². The van der Waals surface area contributed by atoms with Crippen LogP contribution in [0.15, 0.2) is 0 Å². The Hall–Kier alpha value is -0.930. The number of nitrogens with zero attached hydrogens (tertiary/aromatic N) is 1. The van der Waals surface area contributed by atoms with Crippen molar-refractivity contribution in [3.05, 3.63) is 0 Å². The number of hydrogen-bond donors (Lipinski definition) is 8. The maximum Gasteiger partial charge on any atom is 0.222 e. The monoisotopic (exact) mass is 539 g/mol. The average molecular weight is 540 g/mol. The smallest absolute Gasteiger partial charge is 0.222 e. The summed E-state index contributed by atoms with van der Waals surface area (Å²) in [4.78, 5) is 13.9. The molecule has 0 aromatic heterocycles. The van der Waals surface area contributed by atoms with E-state index >= 15 is 0 Å². The van der Waals surface area contributed by atoms with Crippen molar-refractivity contribution < 1.29 is 55.1 Å². The van der Waals surface area contributed by atoms with E-state index in [1.807, 2.05) is 0 Å². The molecule has 1 aliphatic rings. The lowest BCUT2D eigenvalue weighted by atomic mass is 9.98. The zero-order chi connectivity index (χ0) is 28.0. The van der Waals surface area contributed by atoms with E-state index < -0.39 is 68.3 Å². The molecule has 0 spiro atoms. The standard InChI is InChI=1S/C25H49NO11/c1-3-5-6-7-8-9-10-11-12-26(19(31)4-2)13-16(29)20(32)24(17(30)14-27)37-25-23(35)22(34)21(33)18(15-28)36-25/h16-18,20-25,27-30,32-35H,3-15H2,1-2H3/t16-,17+,18+,20+,21-,22-,23+,24+,25-/m0/s1. The Morgan fingerprint density at radius 1 is 0.865 bits per heavy atom. The largest absolute Gasteiger partial charge is 0.394 e. The fraction of sp³-hybridized carbons (Fsp3) is 0.960. The lowest BCUT2D eigenvalue weighted by Crippen LogP contribution is -2.61. The Morgan fingerprint density at radius 2 is 1.46 bits per heavy atom. The highest BCUT2D eigenvalue weighted by Gasteiger charge is 2.47. The van der Waals surface area contributed by atoms with Gasteiger partial charge >= 0.3 is 0 Å². The highest BCUT2D eigenvalue weighted by atomic mass is 16.7. The van der Waals surface area contributed by atoms with Gasteiger partial charge in [0.25, 0.3) is 0 Å². The van der Waals surface area contributed by atoms with Crippen molar-refractivity contribution in [1.82, 2.24) is 4.90 Å². The van der Waals surface area contributed by atoms with Crippen LogP contribution in [0.2, 0.25) is 0 Å². The molecule has 0 saturated carbocycles. The molecule has 1 heterocycles. The van der Waals surface area contributed by atoms with Crippen LogP contribution >= 0.6 is 0 Å². The van der Waals surface area contributed by atoms with Crippen LogP contribution in [0.1, 0.15) is 71.6 Å². The van der Waals surface area contributed by atoms with Gasteiger partial charge in [0.15, 0.2) is 6.29 Å². The molecule has 8 N–H and O–H groups in total. The summed E-state index contributed by atoms with van der Waals surface area (Å²) in [5.74, 6) is -0.219. The van der Waals surface area contributed by atoms with E-state index in [0.29, 0.717) is 6.54 Å². The first kappa shape index (κ1) is 34.1. The molecule has 0 aromatic carbocycles. The highest BCUT2D eigenvalue weighted by Crippen LogP contribution is 2.25. The predicted molar refractivity (Wildman–Crippen MR) is 133 cm³/mol. The molecule has 9 atom stereocenters. The summed E-state index contributed by atoms with van der Waals surface area (Å²) in [5, 5.41) is 80.6. The fourth-order valence-corrected chi connectivity index (χ4v) is 4.37. The molecule has 1 fully saturated rings. The van der Waals surface area contributed by atoms with E-state index in [-0.39, 0.29) is 18.9 Å². The van der Waals surface area contributed by atoms with Crippen LogP contribution in [0.5, 0.6) is 0 Å². The minimum atomic E-state index is -1.82. The third-order valence-electron chi connectivity index (χ3n) is 6.78. The number of hydrogen-bond acceptors (Lipinski definition) is 11. The lowest BCUT2D eigenvalue weighted by molar-refractivity contribution is -0.327. The van der Waals surface area contributed by atoms with Crippen molar-refractivity contribution in [2.45, 2.75) is 127 Å². The van der Waals surface area contributed by atoms with Crippen molar-refractivity contribution in [2.75, 3.05) is 26.3 Å². The molecule has 1 aliphatic heterocycles. The third kappa shape index (κ3) is 11.0. The summed E-state index contributed by atoms with van der Waals surface area (Å²) in [6.45, 7) is 2.40. The van der Waals surface area contributed by atoms with Crippen molar-refractivity contribution in [3.63, 3.8) is 0 Å². The average Bonchev–Trinajstić information content (AvgIpc) is 2.90. The number of carbonyl (C=O) groups is 1. The molecule has 1 saturated heterocycles. The van der Waals surface area contributed by atoms with E-state index in [2.05, 4.69) is 6.92 Å². The Kier molecular flexibility index (Phi) is 16.9. The van der Waals surface area contributed by atoms with Crippen LogP contribution in [-0.4, -0.2) is 133 Å². The number of aliphatic hydroxyl groups excluding tert-OH is 8. The molecule has 1 amide bonds. The van der Waals surface area contributed by atoms with Crippen molar-refractivity contribution in [2.24, 2.45) is 0 Å². The van der Waals surface area contributed by atoms with Gasteiger partial charge in [-0.3, -0.25) is 4.79 Å². The molecule has 220 valence electrons. The molecule has 0 unspecified atom stereocenters. The minimum absolute atomic E-state index is 0.198. The van der Waals surface area contributed by atoms with Gasteiger partial charge in [0.2, 0.25) is 5.91 Å². The van der Waals surface area contributed by atoms with Gasteiger partial charge in [-0.1, -0.05) is 58.8 Å². The first-order valence-corrected chi connectivity index (χ1v) is 13.5. The highest BCUT2D eigenvalue weighted by molar-refractivity contribution is 5.75. The zero-order valence-corrected chi connectivity index (χ0v) is 22.1. The van der Waals surface area contributed by atoms with Gasteiger partial charge in [0.05, 0.1) is 13.2 Å². The number of rotatable bonds is 19. The van der Waals surface area contributed by atoms with Crippen LogP contribution in [0.4, 0.5) is 0 Å². The molecule has 0 aromatic rings. The van der Waals surface area contributed by atoms with Gasteiger partial charge in [0, 0.05) is 19.5 Å². The second-order valence-electron chi connectivity index (χ2n) is 9.77. The Bertz CT molecular complexity index is 611. The second-order valence-corrected chi connectivity index (χ2v) is 9.77. The first-order chi connectivity index (χ1) is 17.6. The first-order valence-electron chi connectivity index (χ1n) is 13.5. The molecule has 0 bridgehead atoms. The van der Waals surface area contributed by atoms with Crippen molar-refractivity contribution >= 4 is 5.91 Å². The number of carbonyl (C=O) groups excluding carboxylic acids is 1. The fourth-order valence-electron chi connectivity index (χ4n) is 4.37. The summed E-state index contributed by atoms with van der Waals surface area (Å²) < 4.78 is 10.7. The SMILES string of the molecule is CCCCCCCCCCN(C[C@H](O)[C@@H](O)[C@H](O[C@@H]1O[C@H](CO)[C@H](O)[C@H](O)[C@H]1O)[C@H](O)CO)C(=O)CC. The molecule has 0 radical (unpaired) electrons. The molecule has 0 aliphatic carbocycles. The summed E-state index contributed by atoms with van der Waals surface area (Å²) in [5.41, 5.74) is 0. The summed E-state index contributed by atoms with van der Waals surface area (Å²) >= 11 is 0. The van der Waals surface area contributed by atoms with Gasteiger partial charge in [-0.25, -0.2) is 0 Å². The van der Waals surface area contributed by atoms with Gasteiger partial charge in [0.1, 0.15) is 48.8 Å². The molecular formula is C25H49NO11. The van der Waals surface area contributed by atoms with Crippen LogP contribution in [0.3, 0.4) is 0 Å². The quantitative estimate of drug-likeness (QED) is 0.0900. The topological polar surface area (TPSA) is 201 Å². The van der Waals surface area contributed by atoms with E-state index in [0.717, 1.165) is 25.7 Å². The number of unbranched alkanes of at least 4 members (excludes halogenated alkanes) is 7. The predicted octanol–water partition coefficient (Wildman–Crippen LogP) is -1.37. The van der Waals surface area contributed by atoms with E-state index in [9.17, 15) is 45.6 Å². The minimum Gasteiger partial charge on any atom is -0.394 e. The van der Waals surface area contributed by atoms with Gasteiger partial charge in [-0.2, -0.15) is 0 Å². The lowest BCUT2D eigenvalue weighted by Gasteiger charge is -2.42.